The molecule has 0 saturated carbocycles. The second-order valence-electron chi connectivity index (χ2n) is 2.30. The maximum Gasteiger partial charge on any atom is 0.194 e. The third-order valence-corrected chi connectivity index (χ3v) is 1.57. The number of nitrogens with two attached hydrogens (primary N) is 1. The van der Waals surface area contributed by atoms with Crippen LogP contribution in [0.4, 0.5) is 10.2 Å². The Morgan fingerprint density at radius 2 is 2.27 bits per heavy atom. The molecular formula is C8H10FNO. The normalized spacial score (nSPS) is 9.64. The van der Waals surface area contributed by atoms with Crippen molar-refractivity contribution >= 4 is 5.69 Å². The van der Waals surface area contributed by atoms with E-state index in [1.165, 1.54) is 0 Å². The van der Waals surface area contributed by atoms with Gasteiger partial charge in [-0.3, -0.25) is 4.94 Å². The molecular weight excluding hydrogens is 145 g/mol. The maximum atomic E-state index is 11.7. The molecule has 0 spiro atoms. The average molecular weight is 155 g/mol. The van der Waals surface area contributed by atoms with E-state index in [-0.39, 0.29) is 5.75 Å². The van der Waals surface area contributed by atoms with E-state index in [1.54, 1.807) is 12.1 Å². The molecule has 0 unspecified atom stereocenters. The van der Waals surface area contributed by atoms with Crippen molar-refractivity contribution in [2.75, 3.05) is 5.73 Å². The van der Waals surface area contributed by atoms with Crippen molar-refractivity contribution in [2.24, 2.45) is 0 Å². The molecule has 0 heterocycles. The van der Waals surface area contributed by atoms with Gasteiger partial charge in [-0.15, -0.1) is 0 Å². The third kappa shape index (κ3) is 1.61. The van der Waals surface area contributed by atoms with Crippen molar-refractivity contribution in [1.29, 1.82) is 0 Å². The molecule has 1 aromatic rings. The van der Waals surface area contributed by atoms with E-state index in [4.69, 9.17) is 5.73 Å². The van der Waals surface area contributed by atoms with Gasteiger partial charge in [0.25, 0.3) is 0 Å². The first kappa shape index (κ1) is 7.85. The first-order valence-electron chi connectivity index (χ1n) is 3.45. The van der Waals surface area contributed by atoms with Gasteiger partial charge in [0.15, 0.2) is 5.75 Å². The van der Waals surface area contributed by atoms with Crippen LogP contribution in [0.25, 0.3) is 0 Å². The quantitative estimate of drug-likeness (QED) is 0.664. The van der Waals surface area contributed by atoms with E-state index in [2.05, 4.69) is 4.94 Å². The predicted octanol–water partition coefficient (Wildman–Crippen LogP) is 2.09. The fraction of sp³-hybridized carbons (Fsp3) is 0.250. The Balaban J connectivity index is 3.02. The second-order valence-corrected chi connectivity index (χ2v) is 2.30. The minimum Gasteiger partial charge on any atom is -0.396 e. The number of aryl methyl sites for hydroxylation is 1. The molecule has 60 valence electrons. The number of anilines is 1. The molecule has 2 nitrogen and oxygen atoms in total. The molecule has 0 saturated heterocycles. The molecule has 0 atom stereocenters. The Hall–Kier alpha value is -1.25. The van der Waals surface area contributed by atoms with Gasteiger partial charge in [0, 0.05) is 4.53 Å². The van der Waals surface area contributed by atoms with Crippen molar-refractivity contribution in [2.45, 2.75) is 13.3 Å². The summed E-state index contributed by atoms with van der Waals surface area (Å²) in [6.45, 7) is 1.98. The highest BCUT2D eigenvalue weighted by Gasteiger charge is 2.00. The lowest BCUT2D eigenvalue weighted by molar-refractivity contribution is -0.00529. The van der Waals surface area contributed by atoms with E-state index in [0.29, 0.717) is 5.69 Å². The van der Waals surface area contributed by atoms with Gasteiger partial charge >= 0.3 is 0 Å². The summed E-state index contributed by atoms with van der Waals surface area (Å²) in [6, 6.07) is 5.07. The smallest absolute Gasteiger partial charge is 0.194 e. The molecule has 1 rings (SSSR count). The van der Waals surface area contributed by atoms with Gasteiger partial charge < -0.3 is 5.73 Å². The zero-order valence-electron chi connectivity index (χ0n) is 6.30. The third-order valence-electron chi connectivity index (χ3n) is 1.57. The number of rotatable bonds is 2. The van der Waals surface area contributed by atoms with E-state index < -0.39 is 0 Å². The van der Waals surface area contributed by atoms with Crippen LogP contribution in [0.5, 0.6) is 5.75 Å². The average Bonchev–Trinajstić information content (AvgIpc) is 2.05. The number of nitrogen functional groups attached to an aromatic ring is 1. The Bertz CT molecular complexity index is 250. The summed E-state index contributed by atoms with van der Waals surface area (Å²) >= 11 is 0. The van der Waals surface area contributed by atoms with Gasteiger partial charge in [-0.05, 0) is 24.1 Å². The summed E-state index contributed by atoms with van der Waals surface area (Å²) < 4.78 is 11.7. The number of hydrogen-bond donors (Lipinski definition) is 1. The molecule has 0 amide bonds. The van der Waals surface area contributed by atoms with Crippen LogP contribution < -0.4 is 10.7 Å². The number of hydrogen-bond acceptors (Lipinski definition) is 2. The lowest BCUT2D eigenvalue weighted by Crippen LogP contribution is -1.90. The monoisotopic (exact) mass is 155 g/mol. The standard InChI is InChI=1S/C8H10FNO/c1-2-6-3-4-7(10)8(5-6)11-9/h3-5H,2,10H2,1H3. The second kappa shape index (κ2) is 3.23. The van der Waals surface area contributed by atoms with Crippen LogP contribution in [0, 0.1) is 0 Å². The number of halogens is 1. The Morgan fingerprint density at radius 3 is 2.82 bits per heavy atom. The van der Waals surface area contributed by atoms with Crippen LogP contribution in [0.15, 0.2) is 18.2 Å². The van der Waals surface area contributed by atoms with Crippen LogP contribution in [0.1, 0.15) is 12.5 Å². The summed E-state index contributed by atoms with van der Waals surface area (Å²) in [5.41, 5.74) is 6.72. The van der Waals surface area contributed by atoms with Crippen molar-refractivity contribution in [3.63, 3.8) is 0 Å². The molecule has 0 aliphatic heterocycles. The van der Waals surface area contributed by atoms with Crippen LogP contribution >= 0.6 is 0 Å². The largest absolute Gasteiger partial charge is 0.396 e. The zero-order chi connectivity index (χ0) is 8.27. The molecule has 2 N–H and O–H groups in total. The molecule has 0 bridgehead atoms. The first-order chi connectivity index (χ1) is 5.27. The molecule has 0 fully saturated rings. The van der Waals surface area contributed by atoms with Gasteiger partial charge in [-0.1, -0.05) is 13.0 Å². The van der Waals surface area contributed by atoms with Crippen molar-refractivity contribution in [1.82, 2.24) is 0 Å². The van der Waals surface area contributed by atoms with Crippen LogP contribution in [-0.4, -0.2) is 0 Å². The Labute approximate surface area is 64.7 Å². The maximum absolute atomic E-state index is 11.7. The summed E-state index contributed by atoms with van der Waals surface area (Å²) in [5, 5.41) is 0. The molecule has 0 aliphatic carbocycles. The SMILES string of the molecule is CCc1ccc(N)c(OF)c1. The highest BCUT2D eigenvalue weighted by Crippen LogP contribution is 2.22. The van der Waals surface area contributed by atoms with Gasteiger partial charge in [0.2, 0.25) is 0 Å². The van der Waals surface area contributed by atoms with Crippen LogP contribution in [0.2, 0.25) is 0 Å². The molecule has 11 heavy (non-hydrogen) atoms. The molecule has 1 aromatic carbocycles. The van der Waals surface area contributed by atoms with Gasteiger partial charge in [0.1, 0.15) is 0 Å². The van der Waals surface area contributed by atoms with Crippen molar-refractivity contribution < 1.29 is 9.47 Å². The van der Waals surface area contributed by atoms with Gasteiger partial charge in [-0.2, -0.15) is 0 Å². The summed E-state index contributed by atoms with van der Waals surface area (Å²) in [5.74, 6) is 0.101. The summed E-state index contributed by atoms with van der Waals surface area (Å²) in [4.78, 5) is 3.56. The summed E-state index contributed by atoms with van der Waals surface area (Å²) in [6.07, 6.45) is 0.844. The highest BCUT2D eigenvalue weighted by molar-refractivity contribution is 5.53. The molecule has 0 aliphatic rings. The fourth-order valence-electron chi connectivity index (χ4n) is 0.866. The lowest BCUT2D eigenvalue weighted by Gasteiger charge is -2.01. The van der Waals surface area contributed by atoms with Gasteiger partial charge in [0.05, 0.1) is 5.69 Å². The Morgan fingerprint density at radius 1 is 1.55 bits per heavy atom. The topological polar surface area (TPSA) is 35.2 Å². The highest BCUT2D eigenvalue weighted by atomic mass is 19.3. The van der Waals surface area contributed by atoms with Crippen LogP contribution in [-0.2, 0) is 6.42 Å². The molecule has 0 radical (unpaired) electrons. The number of benzene rings is 1. The summed E-state index contributed by atoms with van der Waals surface area (Å²) in [7, 11) is 0. The van der Waals surface area contributed by atoms with E-state index >= 15 is 0 Å². The van der Waals surface area contributed by atoms with E-state index in [9.17, 15) is 4.53 Å². The predicted molar refractivity (Wildman–Crippen MR) is 42.0 cm³/mol. The van der Waals surface area contributed by atoms with E-state index in [0.717, 1.165) is 12.0 Å². The Kier molecular flexibility index (Phi) is 2.31. The first-order valence-corrected chi connectivity index (χ1v) is 3.45. The molecule has 3 heteroatoms. The fourth-order valence-corrected chi connectivity index (χ4v) is 0.866. The van der Waals surface area contributed by atoms with E-state index in [1.807, 2.05) is 13.0 Å². The lowest BCUT2D eigenvalue weighted by atomic mass is 10.1. The van der Waals surface area contributed by atoms with Crippen molar-refractivity contribution in [3.8, 4) is 5.75 Å². The van der Waals surface area contributed by atoms with Gasteiger partial charge in [-0.25, -0.2) is 0 Å². The molecule has 0 aromatic heterocycles. The minimum absolute atomic E-state index is 0.101. The minimum atomic E-state index is 0.101. The van der Waals surface area contributed by atoms with Crippen LogP contribution in [0.3, 0.4) is 0 Å². The zero-order valence-corrected chi connectivity index (χ0v) is 6.30. The van der Waals surface area contributed by atoms with Crippen molar-refractivity contribution in [3.05, 3.63) is 23.8 Å².